The minimum atomic E-state index is 0.139. The van der Waals surface area contributed by atoms with Gasteiger partial charge in [-0.05, 0) is 19.3 Å². The number of hydrogen-bond acceptors (Lipinski definition) is 3. The Kier molecular flexibility index (Phi) is 3.37. The predicted molar refractivity (Wildman–Crippen MR) is 55.1 cm³/mol. The highest BCUT2D eigenvalue weighted by Crippen LogP contribution is 2.12. The Hall–Kier alpha value is -0.610. The van der Waals surface area contributed by atoms with Crippen molar-refractivity contribution in [1.82, 2.24) is 15.5 Å². The SMILES string of the molecule is O=C1NCCCC[C@H]1N1CCNCC1. The van der Waals surface area contributed by atoms with E-state index in [2.05, 4.69) is 15.5 Å². The Morgan fingerprint density at radius 1 is 1.14 bits per heavy atom. The number of nitrogens with zero attached hydrogens (tertiary/aromatic N) is 1. The second-order valence-corrected chi connectivity index (χ2v) is 4.09. The zero-order valence-corrected chi connectivity index (χ0v) is 8.59. The van der Waals surface area contributed by atoms with Crippen LogP contribution < -0.4 is 10.6 Å². The first-order valence-corrected chi connectivity index (χ1v) is 5.60. The number of hydrogen-bond donors (Lipinski definition) is 2. The molecule has 1 atom stereocenters. The van der Waals surface area contributed by atoms with Crippen LogP contribution in [0.4, 0.5) is 0 Å². The quantitative estimate of drug-likeness (QED) is 0.599. The van der Waals surface area contributed by atoms with Crippen LogP contribution in [0, 0.1) is 0 Å². The van der Waals surface area contributed by atoms with Crippen molar-refractivity contribution in [3.63, 3.8) is 0 Å². The standard InChI is InChI=1S/C10H19N3O/c14-10-9(3-1-2-4-12-10)13-7-5-11-6-8-13/h9,11H,1-8H2,(H,12,14)/t9-/m1/s1. The summed E-state index contributed by atoms with van der Waals surface area (Å²) in [4.78, 5) is 14.1. The maximum Gasteiger partial charge on any atom is 0.237 e. The maximum absolute atomic E-state index is 11.7. The molecule has 2 N–H and O–H groups in total. The molecule has 4 nitrogen and oxygen atoms in total. The summed E-state index contributed by atoms with van der Waals surface area (Å²) in [5.74, 6) is 0.240. The molecule has 0 bridgehead atoms. The Bertz CT molecular complexity index is 202. The van der Waals surface area contributed by atoms with Gasteiger partial charge in [0.25, 0.3) is 0 Å². The molecule has 4 heteroatoms. The number of rotatable bonds is 1. The molecule has 2 aliphatic rings. The molecule has 0 unspecified atom stereocenters. The van der Waals surface area contributed by atoms with E-state index in [-0.39, 0.29) is 11.9 Å². The van der Waals surface area contributed by atoms with E-state index in [1.54, 1.807) is 0 Å². The Morgan fingerprint density at radius 2 is 1.93 bits per heavy atom. The molecule has 2 fully saturated rings. The third kappa shape index (κ3) is 2.25. The second kappa shape index (κ2) is 4.75. The van der Waals surface area contributed by atoms with Crippen LogP contribution in [-0.4, -0.2) is 49.6 Å². The van der Waals surface area contributed by atoms with Crippen LogP contribution >= 0.6 is 0 Å². The van der Waals surface area contributed by atoms with Crippen molar-refractivity contribution in [3.05, 3.63) is 0 Å². The number of piperazine rings is 1. The Labute approximate surface area is 85.0 Å². The summed E-state index contributed by atoms with van der Waals surface area (Å²) in [7, 11) is 0. The zero-order chi connectivity index (χ0) is 9.80. The minimum Gasteiger partial charge on any atom is -0.355 e. The third-order valence-corrected chi connectivity index (χ3v) is 3.10. The number of carbonyl (C=O) groups excluding carboxylic acids is 1. The molecule has 0 aromatic carbocycles. The van der Waals surface area contributed by atoms with Crippen LogP contribution in [0.2, 0.25) is 0 Å². The molecule has 0 aromatic rings. The minimum absolute atomic E-state index is 0.139. The number of amides is 1. The lowest BCUT2D eigenvalue weighted by Crippen LogP contribution is -2.53. The summed E-state index contributed by atoms with van der Waals surface area (Å²) in [6.45, 7) is 4.92. The van der Waals surface area contributed by atoms with Crippen LogP contribution in [0.5, 0.6) is 0 Å². The lowest BCUT2D eigenvalue weighted by molar-refractivity contribution is -0.126. The summed E-state index contributed by atoms with van der Waals surface area (Å²) < 4.78 is 0. The molecule has 2 saturated heterocycles. The van der Waals surface area contributed by atoms with Gasteiger partial charge >= 0.3 is 0 Å². The van der Waals surface area contributed by atoms with Crippen molar-refractivity contribution in [2.45, 2.75) is 25.3 Å². The fourth-order valence-electron chi connectivity index (χ4n) is 2.27. The zero-order valence-electron chi connectivity index (χ0n) is 8.59. The number of nitrogens with one attached hydrogen (secondary N) is 2. The molecule has 2 rings (SSSR count). The molecule has 0 saturated carbocycles. The van der Waals surface area contributed by atoms with Crippen molar-refractivity contribution in [1.29, 1.82) is 0 Å². The largest absolute Gasteiger partial charge is 0.355 e. The van der Waals surface area contributed by atoms with E-state index in [0.717, 1.165) is 45.6 Å². The van der Waals surface area contributed by atoms with Crippen LogP contribution in [0.1, 0.15) is 19.3 Å². The highest BCUT2D eigenvalue weighted by Gasteiger charge is 2.27. The molecule has 2 heterocycles. The molecule has 0 aliphatic carbocycles. The van der Waals surface area contributed by atoms with E-state index in [4.69, 9.17) is 0 Å². The topological polar surface area (TPSA) is 44.4 Å². The van der Waals surface area contributed by atoms with Crippen LogP contribution in [0.25, 0.3) is 0 Å². The van der Waals surface area contributed by atoms with Gasteiger partial charge in [0.15, 0.2) is 0 Å². The van der Waals surface area contributed by atoms with Crippen molar-refractivity contribution >= 4 is 5.91 Å². The van der Waals surface area contributed by atoms with Gasteiger partial charge in [0.1, 0.15) is 0 Å². The van der Waals surface area contributed by atoms with Gasteiger partial charge in [-0.15, -0.1) is 0 Å². The second-order valence-electron chi connectivity index (χ2n) is 4.09. The predicted octanol–water partition coefficient (Wildman–Crippen LogP) is -0.440. The van der Waals surface area contributed by atoms with Crippen LogP contribution in [0.15, 0.2) is 0 Å². The highest BCUT2D eigenvalue weighted by molar-refractivity contribution is 5.81. The molecule has 2 aliphatic heterocycles. The van der Waals surface area contributed by atoms with Crippen LogP contribution in [-0.2, 0) is 4.79 Å². The first kappa shape index (κ1) is 9.93. The van der Waals surface area contributed by atoms with Crippen molar-refractivity contribution in [2.24, 2.45) is 0 Å². The summed E-state index contributed by atoms with van der Waals surface area (Å²) in [5, 5.41) is 6.30. The first-order valence-electron chi connectivity index (χ1n) is 5.60. The van der Waals surface area contributed by atoms with E-state index in [0.29, 0.717) is 0 Å². The Morgan fingerprint density at radius 3 is 2.71 bits per heavy atom. The molecule has 80 valence electrons. The maximum atomic E-state index is 11.7. The first-order chi connectivity index (χ1) is 6.88. The molecule has 0 radical (unpaired) electrons. The summed E-state index contributed by atoms with van der Waals surface area (Å²) in [6.07, 6.45) is 3.34. The van der Waals surface area contributed by atoms with Gasteiger partial charge in [-0.2, -0.15) is 0 Å². The van der Waals surface area contributed by atoms with E-state index < -0.39 is 0 Å². The van der Waals surface area contributed by atoms with E-state index >= 15 is 0 Å². The highest BCUT2D eigenvalue weighted by atomic mass is 16.2. The fraction of sp³-hybridized carbons (Fsp3) is 0.900. The molecule has 14 heavy (non-hydrogen) atoms. The molecular formula is C10H19N3O. The van der Waals surface area contributed by atoms with Gasteiger partial charge in [-0.3, -0.25) is 9.69 Å². The fourth-order valence-corrected chi connectivity index (χ4v) is 2.27. The van der Waals surface area contributed by atoms with Crippen LogP contribution in [0.3, 0.4) is 0 Å². The normalized spacial score (nSPS) is 30.9. The van der Waals surface area contributed by atoms with E-state index in [1.807, 2.05) is 0 Å². The molecule has 0 aromatic heterocycles. The monoisotopic (exact) mass is 197 g/mol. The smallest absolute Gasteiger partial charge is 0.237 e. The lowest BCUT2D eigenvalue weighted by atomic mass is 10.1. The van der Waals surface area contributed by atoms with Crippen molar-refractivity contribution in [3.8, 4) is 0 Å². The summed E-state index contributed by atoms with van der Waals surface area (Å²) >= 11 is 0. The third-order valence-electron chi connectivity index (χ3n) is 3.10. The molecular weight excluding hydrogens is 178 g/mol. The lowest BCUT2D eigenvalue weighted by Gasteiger charge is -2.33. The summed E-state index contributed by atoms with van der Waals surface area (Å²) in [6, 6.07) is 0.139. The average Bonchev–Trinajstić information content (AvgIpc) is 2.44. The summed E-state index contributed by atoms with van der Waals surface area (Å²) in [5.41, 5.74) is 0. The molecule has 1 amide bonds. The van der Waals surface area contributed by atoms with Gasteiger partial charge in [0, 0.05) is 32.7 Å². The average molecular weight is 197 g/mol. The van der Waals surface area contributed by atoms with Crippen molar-refractivity contribution < 1.29 is 4.79 Å². The van der Waals surface area contributed by atoms with Gasteiger partial charge in [0.2, 0.25) is 5.91 Å². The number of carbonyl (C=O) groups is 1. The Balaban J connectivity index is 1.95. The molecule has 0 spiro atoms. The van der Waals surface area contributed by atoms with E-state index in [9.17, 15) is 4.79 Å². The van der Waals surface area contributed by atoms with Gasteiger partial charge in [0.05, 0.1) is 6.04 Å². The van der Waals surface area contributed by atoms with Gasteiger partial charge in [-0.25, -0.2) is 0 Å². The van der Waals surface area contributed by atoms with E-state index in [1.165, 1.54) is 6.42 Å². The van der Waals surface area contributed by atoms with Crippen molar-refractivity contribution in [2.75, 3.05) is 32.7 Å². The van der Waals surface area contributed by atoms with Gasteiger partial charge in [-0.1, -0.05) is 0 Å². The van der Waals surface area contributed by atoms with Gasteiger partial charge < -0.3 is 10.6 Å².